The number of carbonyl (C=O) groups excluding carboxylic acids is 1. The molecule has 0 fully saturated rings. The molecule has 3 rings (SSSR count). The fourth-order valence-corrected chi connectivity index (χ4v) is 1.92. The molecule has 5 heteroatoms. The van der Waals surface area contributed by atoms with Crippen molar-refractivity contribution in [1.29, 1.82) is 0 Å². The Morgan fingerprint density at radius 3 is 2.60 bits per heavy atom. The quantitative estimate of drug-likeness (QED) is 0.645. The Morgan fingerprint density at radius 2 is 1.80 bits per heavy atom. The second-order valence-electron chi connectivity index (χ2n) is 4.28. The molecule has 0 unspecified atom stereocenters. The van der Waals surface area contributed by atoms with Crippen LogP contribution in [0.1, 0.15) is 11.1 Å². The van der Waals surface area contributed by atoms with Crippen molar-refractivity contribution in [3.05, 3.63) is 59.7 Å². The summed E-state index contributed by atoms with van der Waals surface area (Å²) in [6.07, 6.45) is 1.53. The second kappa shape index (κ2) is 4.97. The van der Waals surface area contributed by atoms with Gasteiger partial charge in [-0.3, -0.25) is 4.79 Å². The van der Waals surface area contributed by atoms with Crippen molar-refractivity contribution in [2.45, 2.75) is 0 Å². The fourth-order valence-electron chi connectivity index (χ4n) is 1.92. The van der Waals surface area contributed by atoms with E-state index in [4.69, 9.17) is 0 Å². The highest BCUT2D eigenvalue weighted by Gasteiger charge is 2.25. The fraction of sp³-hybridized carbons (Fsp3) is 0. The minimum atomic E-state index is -0.256. The Bertz CT molecular complexity index is 718. The molecule has 2 N–H and O–H groups in total. The van der Waals surface area contributed by atoms with Gasteiger partial charge in [0.05, 0.1) is 11.9 Å². The third-order valence-electron chi connectivity index (χ3n) is 2.90. The van der Waals surface area contributed by atoms with E-state index in [1.165, 1.54) is 6.21 Å². The summed E-state index contributed by atoms with van der Waals surface area (Å²) < 4.78 is 0. The van der Waals surface area contributed by atoms with Gasteiger partial charge in [0, 0.05) is 5.56 Å². The molecule has 98 valence electrons. The number of carbonyl (C=O) groups is 1. The Kier molecular flexibility index (Phi) is 3.01. The minimum Gasteiger partial charge on any atom is -0.508 e. The van der Waals surface area contributed by atoms with E-state index in [0.29, 0.717) is 5.71 Å². The average molecular weight is 265 g/mol. The smallest absolute Gasteiger partial charge is 0.276 e. The number of anilines is 1. The van der Waals surface area contributed by atoms with Crippen LogP contribution in [0.15, 0.2) is 58.7 Å². The lowest BCUT2D eigenvalue weighted by Gasteiger charge is -1.94. The average Bonchev–Trinajstić information content (AvgIpc) is 2.77. The summed E-state index contributed by atoms with van der Waals surface area (Å²) in [5, 5.41) is 19.8. The maximum atomic E-state index is 11.8. The number of para-hydroxylation sites is 1. The van der Waals surface area contributed by atoms with Gasteiger partial charge in [-0.2, -0.15) is 5.10 Å². The van der Waals surface area contributed by atoms with Gasteiger partial charge in [0.25, 0.3) is 5.91 Å². The molecular weight excluding hydrogens is 254 g/mol. The van der Waals surface area contributed by atoms with E-state index in [9.17, 15) is 9.90 Å². The maximum absolute atomic E-state index is 11.8. The van der Waals surface area contributed by atoms with Crippen LogP contribution in [-0.2, 0) is 4.79 Å². The molecule has 0 radical (unpaired) electrons. The highest BCUT2D eigenvalue weighted by molar-refractivity contribution is 6.53. The Morgan fingerprint density at radius 1 is 1.05 bits per heavy atom. The maximum Gasteiger partial charge on any atom is 0.276 e. The van der Waals surface area contributed by atoms with Crippen LogP contribution in [0.3, 0.4) is 0 Å². The van der Waals surface area contributed by atoms with Crippen LogP contribution in [0.25, 0.3) is 0 Å². The SMILES string of the molecule is O=C1Nc2ccccc2/C1=N\N=C\c1ccc(O)cc1. The van der Waals surface area contributed by atoms with Crippen molar-refractivity contribution in [2.24, 2.45) is 10.2 Å². The van der Waals surface area contributed by atoms with Crippen molar-refractivity contribution in [3.8, 4) is 5.75 Å². The number of aromatic hydroxyl groups is 1. The van der Waals surface area contributed by atoms with Gasteiger partial charge in [-0.1, -0.05) is 18.2 Å². The van der Waals surface area contributed by atoms with E-state index < -0.39 is 0 Å². The van der Waals surface area contributed by atoms with Crippen molar-refractivity contribution < 1.29 is 9.90 Å². The van der Waals surface area contributed by atoms with E-state index in [1.807, 2.05) is 24.3 Å². The minimum absolute atomic E-state index is 0.192. The third kappa shape index (κ3) is 2.29. The van der Waals surface area contributed by atoms with Gasteiger partial charge in [-0.15, -0.1) is 5.10 Å². The first kappa shape index (κ1) is 12.1. The third-order valence-corrected chi connectivity index (χ3v) is 2.90. The number of nitrogens with one attached hydrogen (secondary N) is 1. The Balaban J connectivity index is 1.86. The van der Waals surface area contributed by atoms with E-state index >= 15 is 0 Å². The van der Waals surface area contributed by atoms with E-state index in [2.05, 4.69) is 15.5 Å². The molecule has 20 heavy (non-hydrogen) atoms. The van der Waals surface area contributed by atoms with Crippen molar-refractivity contribution in [3.63, 3.8) is 0 Å². The van der Waals surface area contributed by atoms with Crippen LogP contribution >= 0.6 is 0 Å². The summed E-state index contributed by atoms with van der Waals surface area (Å²) in [5.74, 6) is -0.0633. The molecule has 2 aromatic carbocycles. The van der Waals surface area contributed by atoms with Crippen LogP contribution in [0.4, 0.5) is 5.69 Å². The van der Waals surface area contributed by atoms with Crippen molar-refractivity contribution >= 4 is 23.5 Å². The first-order chi connectivity index (χ1) is 9.74. The van der Waals surface area contributed by atoms with E-state index in [1.54, 1.807) is 24.3 Å². The zero-order valence-electron chi connectivity index (χ0n) is 10.4. The molecule has 0 aliphatic carbocycles. The summed E-state index contributed by atoms with van der Waals surface area (Å²) in [6, 6.07) is 13.9. The lowest BCUT2D eigenvalue weighted by atomic mass is 10.1. The molecule has 0 spiro atoms. The summed E-state index contributed by atoms with van der Waals surface area (Å²) in [5.41, 5.74) is 2.59. The zero-order chi connectivity index (χ0) is 13.9. The van der Waals surface area contributed by atoms with Gasteiger partial charge in [0.15, 0.2) is 5.71 Å². The first-order valence-electron chi connectivity index (χ1n) is 6.05. The topological polar surface area (TPSA) is 74.0 Å². The van der Waals surface area contributed by atoms with Gasteiger partial charge in [-0.05, 0) is 35.9 Å². The van der Waals surface area contributed by atoms with E-state index in [-0.39, 0.29) is 11.7 Å². The number of nitrogens with zero attached hydrogens (tertiary/aromatic N) is 2. The number of phenolic OH excluding ortho intramolecular Hbond substituents is 1. The molecule has 0 saturated carbocycles. The number of rotatable bonds is 2. The predicted molar refractivity (Wildman–Crippen MR) is 77.3 cm³/mol. The highest BCUT2D eigenvalue weighted by Crippen LogP contribution is 2.22. The van der Waals surface area contributed by atoms with Crippen molar-refractivity contribution in [1.82, 2.24) is 0 Å². The molecule has 5 nitrogen and oxygen atoms in total. The summed E-state index contributed by atoms with van der Waals surface area (Å²) in [4.78, 5) is 11.8. The standard InChI is InChI=1S/C15H11N3O2/c19-11-7-5-10(6-8-11)9-16-18-14-12-3-1-2-4-13(12)17-15(14)20/h1-9,19H,(H,17,18,20)/b16-9+. The van der Waals surface area contributed by atoms with E-state index in [0.717, 1.165) is 16.8 Å². The zero-order valence-corrected chi connectivity index (χ0v) is 10.4. The summed E-state index contributed by atoms with van der Waals surface area (Å²) in [7, 11) is 0. The number of fused-ring (bicyclic) bond motifs is 1. The predicted octanol–water partition coefficient (Wildman–Crippen LogP) is 2.17. The monoisotopic (exact) mass is 265 g/mol. The van der Waals surface area contributed by atoms with Crippen LogP contribution in [0.2, 0.25) is 0 Å². The largest absolute Gasteiger partial charge is 0.508 e. The Hall–Kier alpha value is -2.95. The molecule has 0 saturated heterocycles. The van der Waals surface area contributed by atoms with Gasteiger partial charge >= 0.3 is 0 Å². The summed E-state index contributed by atoms with van der Waals surface area (Å²) in [6.45, 7) is 0. The van der Waals surface area contributed by atoms with Gasteiger partial charge < -0.3 is 10.4 Å². The number of hydrogen-bond donors (Lipinski definition) is 2. The number of benzene rings is 2. The second-order valence-corrected chi connectivity index (χ2v) is 4.28. The molecule has 0 bridgehead atoms. The van der Waals surface area contributed by atoms with Gasteiger partial charge in [0.1, 0.15) is 5.75 Å². The van der Waals surface area contributed by atoms with Crippen LogP contribution in [0.5, 0.6) is 5.75 Å². The van der Waals surface area contributed by atoms with Crippen molar-refractivity contribution in [2.75, 3.05) is 5.32 Å². The first-order valence-corrected chi connectivity index (χ1v) is 6.05. The lowest BCUT2D eigenvalue weighted by Crippen LogP contribution is -2.13. The molecule has 1 amide bonds. The van der Waals surface area contributed by atoms with Gasteiger partial charge in [0.2, 0.25) is 0 Å². The molecule has 1 aliphatic heterocycles. The van der Waals surface area contributed by atoms with Crippen LogP contribution < -0.4 is 5.32 Å². The van der Waals surface area contributed by atoms with Crippen LogP contribution in [0, 0.1) is 0 Å². The highest BCUT2D eigenvalue weighted by atomic mass is 16.3. The van der Waals surface area contributed by atoms with Crippen LogP contribution in [-0.4, -0.2) is 22.9 Å². The summed E-state index contributed by atoms with van der Waals surface area (Å²) >= 11 is 0. The number of amides is 1. The molecule has 1 aliphatic rings. The molecular formula is C15H11N3O2. The lowest BCUT2D eigenvalue weighted by molar-refractivity contribution is -0.110. The number of phenols is 1. The normalized spacial score (nSPS) is 15.6. The number of hydrogen-bond acceptors (Lipinski definition) is 4. The molecule has 2 aromatic rings. The molecule has 0 atom stereocenters. The molecule has 1 heterocycles. The van der Waals surface area contributed by atoms with Gasteiger partial charge in [-0.25, -0.2) is 0 Å². The molecule has 0 aromatic heterocycles. The Labute approximate surface area is 115 Å².